The summed E-state index contributed by atoms with van der Waals surface area (Å²) in [7, 11) is 0. The molecule has 2 unspecified atom stereocenters. The first-order chi connectivity index (χ1) is 16.6. The van der Waals surface area contributed by atoms with Crippen molar-refractivity contribution in [1.29, 1.82) is 0 Å². The van der Waals surface area contributed by atoms with Gasteiger partial charge in [0.25, 0.3) is 0 Å². The lowest BCUT2D eigenvalue weighted by molar-refractivity contribution is -0.330. The summed E-state index contributed by atoms with van der Waals surface area (Å²) in [5.74, 6) is 1.02. The Bertz CT molecular complexity index is 1230. The molecule has 3 aromatic rings. The van der Waals surface area contributed by atoms with Crippen molar-refractivity contribution < 1.29 is 27.4 Å². The molecule has 2 aliphatic carbocycles. The predicted molar refractivity (Wildman–Crippen MR) is 118 cm³/mol. The average molecular weight is 493 g/mol. The van der Waals surface area contributed by atoms with Gasteiger partial charge >= 0.3 is 12.5 Å². The van der Waals surface area contributed by atoms with Crippen molar-refractivity contribution in [3.05, 3.63) is 35.4 Å². The highest BCUT2D eigenvalue weighted by atomic mass is 19.4. The van der Waals surface area contributed by atoms with Crippen LogP contribution in [-0.2, 0) is 16.1 Å². The number of H-pyrrole nitrogens is 1. The van der Waals surface area contributed by atoms with E-state index in [9.17, 15) is 18.0 Å². The number of fused-ring (bicyclic) bond motifs is 1. The van der Waals surface area contributed by atoms with Crippen LogP contribution in [0.25, 0.3) is 5.65 Å². The van der Waals surface area contributed by atoms with Gasteiger partial charge in [-0.15, -0.1) is 13.2 Å². The van der Waals surface area contributed by atoms with E-state index < -0.39 is 13.0 Å². The first-order valence-corrected chi connectivity index (χ1v) is 11.4. The van der Waals surface area contributed by atoms with Crippen LogP contribution >= 0.6 is 0 Å². The number of aromatic amines is 1. The van der Waals surface area contributed by atoms with Crippen LogP contribution in [0.2, 0.25) is 0 Å². The molecule has 10 nitrogen and oxygen atoms in total. The molecule has 2 aliphatic rings. The molecule has 0 spiro atoms. The van der Waals surface area contributed by atoms with E-state index in [0.29, 0.717) is 29.4 Å². The lowest BCUT2D eigenvalue weighted by Crippen LogP contribution is -2.36. The van der Waals surface area contributed by atoms with Crippen molar-refractivity contribution in [3.8, 4) is 0 Å². The molecule has 2 atom stereocenters. The number of hydrogen-bond acceptors (Lipinski definition) is 7. The number of ether oxygens (including phenoxy) is 2. The van der Waals surface area contributed by atoms with Gasteiger partial charge in [0.2, 0.25) is 5.95 Å². The zero-order valence-corrected chi connectivity index (χ0v) is 19.3. The molecule has 2 fully saturated rings. The zero-order valence-electron chi connectivity index (χ0n) is 19.3. The molecule has 3 N–H and O–H groups in total. The Morgan fingerprint density at radius 2 is 2.14 bits per heavy atom. The predicted octanol–water partition coefficient (Wildman–Crippen LogP) is 4.46. The molecular formula is C22H26F3N7O3. The van der Waals surface area contributed by atoms with Gasteiger partial charge in [0.15, 0.2) is 5.82 Å². The Kier molecular flexibility index (Phi) is 5.82. The third-order valence-corrected chi connectivity index (χ3v) is 6.44. The molecule has 0 bridgehead atoms. The summed E-state index contributed by atoms with van der Waals surface area (Å²) in [5, 5.41) is 13.3. The van der Waals surface area contributed by atoms with E-state index in [1.807, 2.05) is 13.0 Å². The fourth-order valence-corrected chi connectivity index (χ4v) is 4.26. The standard InChI is InChI=1S/C22H26F3N7O3/c1-12-9-26-19(32-10-14(27-18(12)32)11-34-22(23,24)25)28-17-8-16(30-31-17)13-3-4-15(7-13)35-20(33)29-21(2)5-6-21/h8-10,13,15H,3-7,11H2,1-2H3,(H,29,33)(H2,26,28,30,31). The van der Waals surface area contributed by atoms with Crippen LogP contribution in [0.1, 0.15) is 61.9 Å². The first kappa shape index (κ1) is 23.4. The normalized spacial score (nSPS) is 21.3. The third-order valence-electron chi connectivity index (χ3n) is 6.44. The summed E-state index contributed by atoms with van der Waals surface area (Å²) >= 11 is 0. The van der Waals surface area contributed by atoms with Crippen molar-refractivity contribution in [2.24, 2.45) is 0 Å². The zero-order chi connectivity index (χ0) is 24.8. The third kappa shape index (κ3) is 5.50. The molecule has 35 heavy (non-hydrogen) atoms. The molecule has 0 aromatic carbocycles. The molecule has 13 heteroatoms. The fourth-order valence-electron chi connectivity index (χ4n) is 4.26. The summed E-state index contributed by atoms with van der Waals surface area (Å²) in [5.41, 5.74) is 2.08. The summed E-state index contributed by atoms with van der Waals surface area (Å²) in [6, 6.07) is 1.86. The largest absolute Gasteiger partial charge is 0.522 e. The maximum absolute atomic E-state index is 12.4. The van der Waals surface area contributed by atoms with Crippen LogP contribution in [-0.4, -0.2) is 48.7 Å². The number of aromatic nitrogens is 5. The number of halogens is 3. The topological polar surface area (TPSA) is 118 Å². The van der Waals surface area contributed by atoms with Crippen LogP contribution in [0, 0.1) is 6.92 Å². The number of alkyl carbamates (subject to hydrolysis) is 1. The Balaban J connectivity index is 1.23. The number of imidazole rings is 1. The summed E-state index contributed by atoms with van der Waals surface area (Å²) in [6.07, 6.45) is 2.06. The summed E-state index contributed by atoms with van der Waals surface area (Å²) in [4.78, 5) is 20.7. The quantitative estimate of drug-likeness (QED) is 0.445. The van der Waals surface area contributed by atoms with Gasteiger partial charge < -0.3 is 15.4 Å². The van der Waals surface area contributed by atoms with Gasteiger partial charge in [0.05, 0.1) is 12.3 Å². The second-order valence-corrected chi connectivity index (χ2v) is 9.48. The Labute approximate surface area is 198 Å². The average Bonchev–Trinajstić information content (AvgIpc) is 3.22. The molecule has 0 saturated heterocycles. The van der Waals surface area contributed by atoms with Crippen LogP contribution in [0.4, 0.5) is 29.7 Å². The number of carbonyl (C=O) groups is 1. The second-order valence-electron chi connectivity index (χ2n) is 9.48. The van der Waals surface area contributed by atoms with Crippen molar-refractivity contribution in [2.45, 2.75) is 76.5 Å². The van der Waals surface area contributed by atoms with Crippen LogP contribution in [0.3, 0.4) is 0 Å². The van der Waals surface area contributed by atoms with Gasteiger partial charge in [-0.05, 0) is 46.0 Å². The lowest BCUT2D eigenvalue weighted by atomic mass is 10.0. The maximum atomic E-state index is 12.4. The molecule has 0 radical (unpaired) electrons. The van der Waals surface area contributed by atoms with E-state index in [-0.39, 0.29) is 29.3 Å². The minimum absolute atomic E-state index is 0.115. The number of rotatable bonds is 7. The number of anilines is 2. The fraction of sp³-hybridized carbons (Fsp3) is 0.545. The van der Waals surface area contributed by atoms with E-state index in [1.165, 1.54) is 6.20 Å². The van der Waals surface area contributed by atoms with Gasteiger partial charge in [-0.25, -0.2) is 14.8 Å². The Morgan fingerprint density at radius 1 is 1.34 bits per heavy atom. The molecule has 188 valence electrons. The SMILES string of the molecule is Cc1cnc(Nc2cc(C3CCC(OC(=O)NC4(C)CC4)C3)[nH]n2)n2cc(COC(F)(F)F)nc12. The van der Waals surface area contributed by atoms with E-state index in [4.69, 9.17) is 4.74 Å². The highest BCUT2D eigenvalue weighted by Gasteiger charge is 2.40. The van der Waals surface area contributed by atoms with E-state index >= 15 is 0 Å². The number of nitrogens with one attached hydrogen (secondary N) is 3. The van der Waals surface area contributed by atoms with Gasteiger partial charge in [0.1, 0.15) is 11.8 Å². The minimum Gasteiger partial charge on any atom is -0.446 e. The lowest BCUT2D eigenvalue weighted by Gasteiger charge is -2.16. The number of carbonyl (C=O) groups excluding carboxylic acids is 1. The van der Waals surface area contributed by atoms with Crippen molar-refractivity contribution >= 4 is 23.5 Å². The van der Waals surface area contributed by atoms with Crippen molar-refractivity contribution in [3.63, 3.8) is 0 Å². The van der Waals surface area contributed by atoms with Crippen LogP contribution < -0.4 is 10.6 Å². The Hall–Kier alpha value is -3.35. The number of nitrogens with zero attached hydrogens (tertiary/aromatic N) is 4. The van der Waals surface area contributed by atoms with E-state index in [0.717, 1.165) is 31.4 Å². The number of hydrogen-bond donors (Lipinski definition) is 3. The summed E-state index contributed by atoms with van der Waals surface area (Å²) < 4.78 is 48.3. The Morgan fingerprint density at radius 3 is 2.89 bits per heavy atom. The molecular weight excluding hydrogens is 467 g/mol. The maximum Gasteiger partial charge on any atom is 0.522 e. The molecule has 2 saturated carbocycles. The van der Waals surface area contributed by atoms with E-state index in [1.54, 1.807) is 17.5 Å². The highest BCUT2D eigenvalue weighted by molar-refractivity contribution is 5.69. The van der Waals surface area contributed by atoms with Crippen molar-refractivity contribution in [2.75, 3.05) is 5.32 Å². The minimum atomic E-state index is -4.74. The monoisotopic (exact) mass is 493 g/mol. The first-order valence-electron chi connectivity index (χ1n) is 11.4. The van der Waals surface area contributed by atoms with Gasteiger partial charge in [-0.1, -0.05) is 0 Å². The number of aryl methyl sites for hydroxylation is 1. The molecule has 5 rings (SSSR count). The van der Waals surface area contributed by atoms with Crippen LogP contribution in [0.15, 0.2) is 18.5 Å². The molecule has 3 heterocycles. The number of amides is 1. The van der Waals surface area contributed by atoms with Gasteiger partial charge in [0, 0.05) is 41.2 Å². The summed E-state index contributed by atoms with van der Waals surface area (Å²) in [6.45, 7) is 3.07. The highest BCUT2D eigenvalue weighted by Crippen LogP contribution is 2.37. The van der Waals surface area contributed by atoms with Crippen molar-refractivity contribution in [1.82, 2.24) is 29.9 Å². The smallest absolute Gasteiger partial charge is 0.446 e. The molecule has 0 aliphatic heterocycles. The second kappa shape index (κ2) is 8.70. The molecule has 1 amide bonds. The van der Waals surface area contributed by atoms with E-state index in [2.05, 4.69) is 35.5 Å². The van der Waals surface area contributed by atoms with Gasteiger partial charge in [-0.2, -0.15) is 5.10 Å². The number of alkyl halides is 3. The molecule has 3 aromatic heterocycles. The van der Waals surface area contributed by atoms with Gasteiger partial charge in [-0.3, -0.25) is 14.2 Å². The van der Waals surface area contributed by atoms with Crippen LogP contribution in [0.5, 0.6) is 0 Å².